The molecule has 0 saturated heterocycles. The Balaban J connectivity index is 0.000000176. The summed E-state index contributed by atoms with van der Waals surface area (Å²) in [6.07, 6.45) is 7.01. The van der Waals surface area contributed by atoms with Crippen LogP contribution in [-0.2, 0) is 6.61 Å². The molecule has 158 valence electrons. The van der Waals surface area contributed by atoms with Gasteiger partial charge < -0.3 is 9.84 Å². The minimum Gasteiger partial charge on any atom is -0.507 e. The van der Waals surface area contributed by atoms with Gasteiger partial charge in [-0.3, -0.25) is 9.97 Å². The molecule has 0 aliphatic rings. The number of hydrogen-bond acceptors (Lipinski definition) is 5. The fourth-order valence-electron chi connectivity index (χ4n) is 3.04. The lowest BCUT2D eigenvalue weighted by atomic mass is 10.1. The van der Waals surface area contributed by atoms with Crippen LogP contribution in [0.2, 0.25) is 0 Å². The molecule has 3 aromatic carbocycles. The van der Waals surface area contributed by atoms with E-state index in [1.165, 1.54) is 12.5 Å². The van der Waals surface area contributed by atoms with E-state index in [2.05, 4.69) is 28.2 Å². The maximum absolute atomic E-state index is 9.33. The summed E-state index contributed by atoms with van der Waals surface area (Å²) >= 11 is 0. The molecule has 0 aliphatic heterocycles. The van der Waals surface area contributed by atoms with Gasteiger partial charge in [0.25, 0.3) is 0 Å². The molecule has 2 aromatic heterocycles. The SMILES string of the molecule is CC#N.Oc1cccc2ccncc12.c1ccc(COc2cccc3ccncc23)cc1. The van der Waals surface area contributed by atoms with Crippen molar-refractivity contribution in [1.29, 1.82) is 5.26 Å². The Labute approximate surface area is 187 Å². The average molecular weight is 422 g/mol. The van der Waals surface area contributed by atoms with E-state index in [-0.39, 0.29) is 5.75 Å². The number of nitrogens with zero attached hydrogens (tertiary/aromatic N) is 3. The van der Waals surface area contributed by atoms with Crippen molar-refractivity contribution in [2.75, 3.05) is 0 Å². The van der Waals surface area contributed by atoms with Gasteiger partial charge in [-0.25, -0.2) is 0 Å². The molecule has 0 unspecified atom stereocenters. The van der Waals surface area contributed by atoms with E-state index in [1.807, 2.05) is 60.8 Å². The number of fused-ring (bicyclic) bond motifs is 2. The minimum absolute atomic E-state index is 0.288. The summed E-state index contributed by atoms with van der Waals surface area (Å²) in [6, 6.07) is 27.2. The smallest absolute Gasteiger partial charge is 0.129 e. The molecule has 0 fully saturated rings. The number of aromatic hydroxyl groups is 1. The number of benzene rings is 3. The van der Waals surface area contributed by atoms with Crippen LogP contribution in [0.1, 0.15) is 12.5 Å². The van der Waals surface area contributed by atoms with Crippen LogP contribution in [0, 0.1) is 11.3 Å². The van der Waals surface area contributed by atoms with Crippen LogP contribution in [0.3, 0.4) is 0 Å². The van der Waals surface area contributed by atoms with Gasteiger partial charge in [-0.05, 0) is 40.6 Å². The molecule has 0 atom stereocenters. The van der Waals surface area contributed by atoms with Crippen LogP contribution in [-0.4, -0.2) is 15.1 Å². The lowest BCUT2D eigenvalue weighted by Gasteiger charge is -2.08. The second kappa shape index (κ2) is 11.7. The number of phenolic OH excluding ortho intramolecular Hbond substituents is 1. The van der Waals surface area contributed by atoms with Crippen molar-refractivity contribution in [3.8, 4) is 17.6 Å². The van der Waals surface area contributed by atoms with Gasteiger partial charge in [-0.15, -0.1) is 0 Å². The molecule has 0 amide bonds. The van der Waals surface area contributed by atoms with Crippen molar-refractivity contribution in [1.82, 2.24) is 9.97 Å². The molecule has 5 rings (SSSR count). The van der Waals surface area contributed by atoms with Crippen LogP contribution >= 0.6 is 0 Å². The maximum atomic E-state index is 9.33. The first-order valence-corrected chi connectivity index (χ1v) is 10.0. The van der Waals surface area contributed by atoms with Crippen LogP contribution in [0.15, 0.2) is 104 Å². The van der Waals surface area contributed by atoms with E-state index in [4.69, 9.17) is 10.00 Å². The number of ether oxygens (including phenoxy) is 1. The molecule has 0 aliphatic carbocycles. The number of pyridine rings is 2. The topological polar surface area (TPSA) is 79.0 Å². The van der Waals surface area contributed by atoms with E-state index in [9.17, 15) is 5.11 Å². The summed E-state index contributed by atoms with van der Waals surface area (Å²) in [6.45, 7) is 2.01. The summed E-state index contributed by atoms with van der Waals surface area (Å²) in [4.78, 5) is 8.06. The second-order valence-corrected chi connectivity index (χ2v) is 6.72. The molecule has 0 spiro atoms. The van der Waals surface area contributed by atoms with E-state index in [0.717, 1.165) is 27.3 Å². The molecule has 5 heteroatoms. The van der Waals surface area contributed by atoms with Gasteiger partial charge in [-0.2, -0.15) is 5.26 Å². The zero-order chi connectivity index (χ0) is 22.6. The number of nitriles is 1. The number of phenols is 1. The Hall–Kier alpha value is -4.43. The third kappa shape index (κ3) is 6.04. The molecular weight excluding hydrogens is 398 g/mol. The van der Waals surface area contributed by atoms with Gasteiger partial charge >= 0.3 is 0 Å². The summed E-state index contributed by atoms with van der Waals surface area (Å²) in [5.74, 6) is 1.17. The maximum Gasteiger partial charge on any atom is 0.129 e. The largest absolute Gasteiger partial charge is 0.507 e. The highest BCUT2D eigenvalue weighted by Gasteiger charge is 2.01. The monoisotopic (exact) mass is 421 g/mol. The Bertz CT molecular complexity index is 1300. The molecule has 0 bridgehead atoms. The second-order valence-electron chi connectivity index (χ2n) is 6.72. The highest BCUT2D eigenvalue weighted by atomic mass is 16.5. The molecule has 5 aromatic rings. The lowest BCUT2D eigenvalue weighted by Crippen LogP contribution is -1.95. The first-order chi connectivity index (χ1) is 15.7. The van der Waals surface area contributed by atoms with Gasteiger partial charge in [0.1, 0.15) is 18.1 Å². The highest BCUT2D eigenvalue weighted by molar-refractivity contribution is 5.87. The predicted octanol–water partition coefficient (Wildman–Crippen LogP) is 6.28. The first-order valence-electron chi connectivity index (χ1n) is 10.0. The van der Waals surface area contributed by atoms with E-state index in [1.54, 1.807) is 30.7 Å². The normalized spacial score (nSPS) is 9.62. The average Bonchev–Trinajstić information content (AvgIpc) is 2.85. The van der Waals surface area contributed by atoms with Gasteiger partial charge in [0, 0.05) is 42.5 Å². The zero-order valence-electron chi connectivity index (χ0n) is 17.7. The molecule has 5 nitrogen and oxygen atoms in total. The van der Waals surface area contributed by atoms with Crippen molar-refractivity contribution >= 4 is 21.5 Å². The molecule has 32 heavy (non-hydrogen) atoms. The third-order valence-corrected chi connectivity index (χ3v) is 4.54. The predicted molar refractivity (Wildman–Crippen MR) is 127 cm³/mol. The van der Waals surface area contributed by atoms with Crippen LogP contribution in [0.5, 0.6) is 11.5 Å². The zero-order valence-corrected chi connectivity index (χ0v) is 17.7. The van der Waals surface area contributed by atoms with Crippen LogP contribution in [0.4, 0.5) is 0 Å². The van der Waals surface area contributed by atoms with Gasteiger partial charge in [-0.1, -0.05) is 54.6 Å². The Morgan fingerprint density at radius 3 is 2.03 bits per heavy atom. The lowest BCUT2D eigenvalue weighted by molar-refractivity contribution is 0.310. The van der Waals surface area contributed by atoms with Crippen LogP contribution in [0.25, 0.3) is 21.5 Å². The minimum atomic E-state index is 0.288. The third-order valence-electron chi connectivity index (χ3n) is 4.54. The van der Waals surface area contributed by atoms with Crippen molar-refractivity contribution < 1.29 is 9.84 Å². The first kappa shape index (κ1) is 22.3. The van der Waals surface area contributed by atoms with Crippen LogP contribution < -0.4 is 4.74 Å². The summed E-state index contributed by atoms with van der Waals surface area (Å²) in [5.41, 5.74) is 1.17. The summed E-state index contributed by atoms with van der Waals surface area (Å²) < 4.78 is 5.87. The summed E-state index contributed by atoms with van der Waals surface area (Å²) in [5, 5.41) is 20.7. The van der Waals surface area contributed by atoms with Crippen molar-refractivity contribution in [2.45, 2.75) is 13.5 Å². The Kier molecular flexibility index (Phi) is 8.12. The standard InChI is InChI=1S/C16H13NO.C9H7NO.C2H3N/c1-2-5-13(6-3-1)12-18-16-8-4-7-14-9-10-17-11-15(14)16;11-9-3-1-2-7-4-5-10-6-8(7)9;1-2-3/h1-11H,12H2;1-6,11H;1H3. The molecular formula is C27H23N3O2. The van der Waals surface area contributed by atoms with Gasteiger partial charge in [0.2, 0.25) is 0 Å². The molecule has 0 radical (unpaired) electrons. The summed E-state index contributed by atoms with van der Waals surface area (Å²) in [7, 11) is 0. The van der Waals surface area contributed by atoms with Crippen molar-refractivity contribution in [3.05, 3.63) is 109 Å². The molecule has 0 saturated carbocycles. The fraction of sp³-hybridized carbons (Fsp3) is 0.0741. The number of aromatic nitrogens is 2. The highest BCUT2D eigenvalue weighted by Crippen LogP contribution is 2.25. The van der Waals surface area contributed by atoms with Gasteiger partial charge in [0.15, 0.2) is 0 Å². The Morgan fingerprint density at radius 1 is 0.781 bits per heavy atom. The fourth-order valence-corrected chi connectivity index (χ4v) is 3.04. The number of rotatable bonds is 3. The Morgan fingerprint density at radius 2 is 1.38 bits per heavy atom. The molecule has 2 heterocycles. The number of hydrogen-bond donors (Lipinski definition) is 1. The quantitative estimate of drug-likeness (QED) is 0.371. The molecule has 1 N–H and O–H groups in total. The van der Waals surface area contributed by atoms with Crippen molar-refractivity contribution in [3.63, 3.8) is 0 Å². The van der Waals surface area contributed by atoms with Gasteiger partial charge in [0.05, 0.1) is 6.07 Å². The van der Waals surface area contributed by atoms with E-state index >= 15 is 0 Å². The van der Waals surface area contributed by atoms with E-state index < -0.39 is 0 Å². The van der Waals surface area contributed by atoms with Crippen molar-refractivity contribution in [2.24, 2.45) is 0 Å². The van der Waals surface area contributed by atoms with E-state index in [0.29, 0.717) is 6.61 Å².